The van der Waals surface area contributed by atoms with E-state index in [9.17, 15) is 4.79 Å². The molecule has 0 radical (unpaired) electrons. The van der Waals surface area contributed by atoms with Crippen LogP contribution in [-0.4, -0.2) is 51.9 Å². The number of aromatic nitrogens is 2. The molecule has 2 atom stereocenters. The standard InChI is InChI=1S/C17H28N4OS/c1-11(2)14-7-21(8-15(14)20-17(22)10-23-5)9-16-18-12(3)6-13(4)19-16/h6,11,14-15H,7-10H2,1-5H3,(H,20,22)/t14-,15+/m0/s1. The Hall–Kier alpha value is -1.14. The van der Waals surface area contributed by atoms with Crippen LogP contribution in [0.3, 0.4) is 0 Å². The predicted molar refractivity (Wildman–Crippen MR) is 95.4 cm³/mol. The Balaban J connectivity index is 2.02. The van der Waals surface area contributed by atoms with Gasteiger partial charge in [-0.15, -0.1) is 0 Å². The number of nitrogens with one attached hydrogen (secondary N) is 1. The van der Waals surface area contributed by atoms with E-state index < -0.39 is 0 Å². The third-order valence-corrected chi connectivity index (χ3v) is 4.86. The highest BCUT2D eigenvalue weighted by molar-refractivity contribution is 7.99. The minimum atomic E-state index is 0.137. The zero-order valence-corrected chi connectivity index (χ0v) is 15.6. The predicted octanol–water partition coefficient (Wildman–Crippen LogP) is 2.03. The molecular weight excluding hydrogens is 308 g/mol. The molecule has 0 bridgehead atoms. The third-order valence-electron chi connectivity index (χ3n) is 4.31. The summed E-state index contributed by atoms with van der Waals surface area (Å²) in [5, 5.41) is 3.21. The summed E-state index contributed by atoms with van der Waals surface area (Å²) in [6.45, 7) is 11.1. The lowest BCUT2D eigenvalue weighted by atomic mass is 9.91. The zero-order valence-electron chi connectivity index (χ0n) is 14.8. The molecule has 5 nitrogen and oxygen atoms in total. The molecule has 2 heterocycles. The van der Waals surface area contributed by atoms with E-state index in [2.05, 4.69) is 34.0 Å². The van der Waals surface area contributed by atoms with Gasteiger partial charge in [-0.25, -0.2) is 9.97 Å². The lowest BCUT2D eigenvalue weighted by Gasteiger charge is -2.22. The van der Waals surface area contributed by atoms with Crippen LogP contribution in [0.4, 0.5) is 0 Å². The summed E-state index contributed by atoms with van der Waals surface area (Å²) < 4.78 is 0. The quantitative estimate of drug-likeness (QED) is 0.861. The van der Waals surface area contributed by atoms with Crippen molar-refractivity contribution in [2.24, 2.45) is 11.8 Å². The van der Waals surface area contributed by atoms with Gasteiger partial charge in [0.1, 0.15) is 5.82 Å². The normalized spacial score (nSPS) is 21.8. The fourth-order valence-electron chi connectivity index (χ4n) is 3.32. The van der Waals surface area contributed by atoms with Gasteiger partial charge in [-0.3, -0.25) is 9.69 Å². The Morgan fingerprint density at radius 2 is 2.00 bits per heavy atom. The van der Waals surface area contributed by atoms with Crippen molar-refractivity contribution in [3.05, 3.63) is 23.3 Å². The molecule has 1 fully saturated rings. The van der Waals surface area contributed by atoms with Gasteiger partial charge in [-0.05, 0) is 38.0 Å². The van der Waals surface area contributed by atoms with Crippen molar-refractivity contribution < 1.29 is 4.79 Å². The summed E-state index contributed by atoms with van der Waals surface area (Å²) in [4.78, 5) is 23.4. The van der Waals surface area contributed by atoms with E-state index in [1.54, 1.807) is 11.8 Å². The molecule has 1 saturated heterocycles. The first-order valence-corrected chi connectivity index (χ1v) is 9.60. The Labute approximate surface area is 143 Å². The Morgan fingerprint density at radius 1 is 1.35 bits per heavy atom. The molecule has 0 saturated carbocycles. The van der Waals surface area contributed by atoms with E-state index in [1.165, 1.54) is 0 Å². The molecule has 1 aliphatic rings. The van der Waals surface area contributed by atoms with Crippen LogP contribution in [0.2, 0.25) is 0 Å². The van der Waals surface area contributed by atoms with Gasteiger partial charge in [0.25, 0.3) is 0 Å². The minimum absolute atomic E-state index is 0.137. The Morgan fingerprint density at radius 3 is 2.57 bits per heavy atom. The van der Waals surface area contributed by atoms with Crippen LogP contribution in [-0.2, 0) is 11.3 Å². The van der Waals surface area contributed by atoms with Gasteiger partial charge in [0, 0.05) is 30.5 Å². The highest BCUT2D eigenvalue weighted by Crippen LogP contribution is 2.25. The second-order valence-corrected chi connectivity index (χ2v) is 7.64. The van der Waals surface area contributed by atoms with Gasteiger partial charge in [-0.1, -0.05) is 13.8 Å². The largest absolute Gasteiger partial charge is 0.351 e. The van der Waals surface area contributed by atoms with Crippen molar-refractivity contribution in [2.75, 3.05) is 25.1 Å². The average Bonchev–Trinajstić information content (AvgIpc) is 2.80. The van der Waals surface area contributed by atoms with Crippen LogP contribution in [0.15, 0.2) is 6.07 Å². The first kappa shape index (κ1) is 18.2. The first-order chi connectivity index (χ1) is 10.9. The molecule has 1 aliphatic heterocycles. The van der Waals surface area contributed by atoms with Crippen LogP contribution in [0.5, 0.6) is 0 Å². The highest BCUT2D eigenvalue weighted by Gasteiger charge is 2.35. The topological polar surface area (TPSA) is 58.1 Å². The van der Waals surface area contributed by atoms with Gasteiger partial charge in [0.15, 0.2) is 0 Å². The van der Waals surface area contributed by atoms with Crippen LogP contribution in [0, 0.1) is 25.7 Å². The maximum atomic E-state index is 11.9. The fourth-order valence-corrected chi connectivity index (χ4v) is 3.67. The van der Waals surface area contributed by atoms with Crippen LogP contribution < -0.4 is 5.32 Å². The first-order valence-electron chi connectivity index (χ1n) is 8.21. The van der Waals surface area contributed by atoms with Crippen molar-refractivity contribution in [3.63, 3.8) is 0 Å². The van der Waals surface area contributed by atoms with Crippen LogP contribution in [0.25, 0.3) is 0 Å². The second kappa shape index (κ2) is 8.11. The SMILES string of the molecule is CSCC(=O)N[C@@H]1CN(Cc2nc(C)cc(C)n2)C[C@H]1C(C)C. The van der Waals surface area contributed by atoms with E-state index in [-0.39, 0.29) is 11.9 Å². The molecule has 0 aliphatic carbocycles. The molecule has 128 valence electrons. The van der Waals surface area contributed by atoms with E-state index >= 15 is 0 Å². The number of amides is 1. The van der Waals surface area contributed by atoms with Crippen LogP contribution >= 0.6 is 11.8 Å². The molecular formula is C17H28N4OS. The van der Waals surface area contributed by atoms with Gasteiger partial charge >= 0.3 is 0 Å². The van der Waals surface area contributed by atoms with Gasteiger partial charge in [0.2, 0.25) is 5.91 Å². The average molecular weight is 337 g/mol. The molecule has 0 aromatic carbocycles. The minimum Gasteiger partial charge on any atom is -0.351 e. The molecule has 1 aromatic rings. The van der Waals surface area contributed by atoms with E-state index in [1.807, 2.05) is 26.2 Å². The lowest BCUT2D eigenvalue weighted by Crippen LogP contribution is -2.42. The zero-order chi connectivity index (χ0) is 17.0. The van der Waals surface area contributed by atoms with Crippen molar-refractivity contribution in [1.29, 1.82) is 0 Å². The fraction of sp³-hybridized carbons (Fsp3) is 0.706. The number of nitrogens with zero attached hydrogens (tertiary/aromatic N) is 3. The number of carbonyl (C=O) groups excluding carboxylic acids is 1. The number of likely N-dealkylation sites (tertiary alicyclic amines) is 1. The number of rotatable bonds is 6. The summed E-state index contributed by atoms with van der Waals surface area (Å²) in [6.07, 6.45) is 1.96. The molecule has 1 N–H and O–H groups in total. The van der Waals surface area contributed by atoms with Crippen molar-refractivity contribution in [2.45, 2.75) is 40.3 Å². The summed E-state index contributed by atoms with van der Waals surface area (Å²) in [6, 6.07) is 2.22. The highest BCUT2D eigenvalue weighted by atomic mass is 32.2. The summed E-state index contributed by atoms with van der Waals surface area (Å²) >= 11 is 1.56. The van der Waals surface area contributed by atoms with E-state index in [0.29, 0.717) is 17.6 Å². The summed E-state index contributed by atoms with van der Waals surface area (Å²) in [5.41, 5.74) is 2.02. The number of hydrogen-bond acceptors (Lipinski definition) is 5. The second-order valence-electron chi connectivity index (χ2n) is 6.78. The van der Waals surface area contributed by atoms with Gasteiger partial charge < -0.3 is 5.32 Å². The smallest absolute Gasteiger partial charge is 0.230 e. The molecule has 6 heteroatoms. The van der Waals surface area contributed by atoms with Crippen molar-refractivity contribution in [3.8, 4) is 0 Å². The number of carbonyl (C=O) groups is 1. The Bertz CT molecular complexity index is 529. The van der Waals surface area contributed by atoms with Crippen molar-refractivity contribution >= 4 is 17.7 Å². The third kappa shape index (κ3) is 5.18. The number of aryl methyl sites for hydroxylation is 2. The van der Waals surface area contributed by atoms with E-state index in [0.717, 1.165) is 36.8 Å². The molecule has 0 spiro atoms. The Kier molecular flexibility index (Phi) is 6.41. The molecule has 1 amide bonds. The maximum Gasteiger partial charge on any atom is 0.230 e. The summed E-state index contributed by atoms with van der Waals surface area (Å²) in [5.74, 6) is 2.56. The van der Waals surface area contributed by atoms with E-state index in [4.69, 9.17) is 0 Å². The maximum absolute atomic E-state index is 11.9. The molecule has 23 heavy (non-hydrogen) atoms. The van der Waals surface area contributed by atoms with Gasteiger partial charge in [-0.2, -0.15) is 11.8 Å². The number of hydrogen-bond donors (Lipinski definition) is 1. The lowest BCUT2D eigenvalue weighted by molar-refractivity contribution is -0.119. The van der Waals surface area contributed by atoms with Crippen LogP contribution in [0.1, 0.15) is 31.1 Å². The van der Waals surface area contributed by atoms with Gasteiger partial charge in [0.05, 0.1) is 12.3 Å². The molecule has 2 rings (SSSR count). The monoisotopic (exact) mass is 336 g/mol. The van der Waals surface area contributed by atoms with Crippen molar-refractivity contribution in [1.82, 2.24) is 20.2 Å². The molecule has 1 aromatic heterocycles. The molecule has 0 unspecified atom stereocenters. The number of thioether (sulfide) groups is 1. The summed E-state index contributed by atoms with van der Waals surface area (Å²) in [7, 11) is 0.